The first kappa shape index (κ1) is 15.3. The second-order valence-electron chi connectivity index (χ2n) is 5.90. The maximum absolute atomic E-state index is 11.8. The Hall–Kier alpha value is -2.06. The minimum atomic E-state index is -0.783. The molecule has 1 aromatic rings. The van der Waals surface area contributed by atoms with Gasteiger partial charge in [-0.15, -0.1) is 0 Å². The van der Waals surface area contributed by atoms with Gasteiger partial charge >= 0.3 is 6.03 Å². The molecule has 5 nitrogen and oxygen atoms in total. The molecule has 1 saturated carbocycles. The lowest BCUT2D eigenvalue weighted by Gasteiger charge is -2.34. The van der Waals surface area contributed by atoms with E-state index in [1.54, 1.807) is 24.3 Å². The van der Waals surface area contributed by atoms with Crippen LogP contribution >= 0.6 is 0 Å². The first-order valence-electron chi connectivity index (χ1n) is 7.28. The molecule has 0 spiro atoms. The van der Waals surface area contributed by atoms with Gasteiger partial charge in [0, 0.05) is 12.2 Å². The summed E-state index contributed by atoms with van der Waals surface area (Å²) in [6.45, 7) is 2.45. The van der Waals surface area contributed by atoms with Crippen molar-refractivity contribution in [2.24, 2.45) is 5.92 Å². The number of rotatable bonds is 3. The van der Waals surface area contributed by atoms with Gasteiger partial charge in [0.1, 0.15) is 0 Å². The van der Waals surface area contributed by atoms with Gasteiger partial charge in [-0.05, 0) is 55.9 Å². The molecule has 1 fully saturated rings. The van der Waals surface area contributed by atoms with Crippen LogP contribution in [0.3, 0.4) is 0 Å². The number of aliphatic hydroxyl groups is 1. The van der Waals surface area contributed by atoms with Crippen LogP contribution in [-0.2, 0) is 0 Å². The Morgan fingerprint density at radius 1 is 1.38 bits per heavy atom. The quantitative estimate of drug-likeness (QED) is 0.799. The predicted molar refractivity (Wildman–Crippen MR) is 80.8 cm³/mol. The normalized spacial score (nSPS) is 24.9. The third kappa shape index (κ3) is 4.47. The lowest BCUT2D eigenvalue weighted by Crippen LogP contribution is -2.46. The van der Waals surface area contributed by atoms with Gasteiger partial charge in [-0.1, -0.05) is 6.92 Å². The number of hydrogen-bond donors (Lipinski definition) is 3. The zero-order chi connectivity index (χ0) is 15.3. The Balaban J connectivity index is 1.80. The first-order valence-corrected chi connectivity index (χ1v) is 7.28. The van der Waals surface area contributed by atoms with Crippen LogP contribution in [0.5, 0.6) is 0 Å². The molecule has 0 unspecified atom stereocenters. The van der Waals surface area contributed by atoms with Crippen molar-refractivity contribution in [3.8, 4) is 6.07 Å². The minimum absolute atomic E-state index is 0.266. The summed E-state index contributed by atoms with van der Waals surface area (Å²) >= 11 is 0. The molecule has 0 atom stereocenters. The highest BCUT2D eigenvalue weighted by molar-refractivity contribution is 5.89. The molecule has 0 heterocycles. The van der Waals surface area contributed by atoms with E-state index in [1.807, 2.05) is 6.07 Å². The topological polar surface area (TPSA) is 85.2 Å². The van der Waals surface area contributed by atoms with Crippen LogP contribution in [0.25, 0.3) is 0 Å². The standard InChI is InChI=1S/C16H21N3O2/c1-12-6-8-16(21,9-7-12)11-18-15(20)19-14-4-2-13(10-17)3-5-14/h2-5,12,21H,6-9,11H2,1H3,(H2,18,19,20). The van der Waals surface area contributed by atoms with Crippen LogP contribution in [0.4, 0.5) is 10.5 Å². The minimum Gasteiger partial charge on any atom is -0.388 e. The lowest BCUT2D eigenvalue weighted by molar-refractivity contribution is -0.00356. The Kier molecular flexibility index (Phi) is 4.81. The molecule has 0 aromatic heterocycles. The van der Waals surface area contributed by atoms with Gasteiger partial charge < -0.3 is 15.7 Å². The Morgan fingerprint density at radius 2 is 2.00 bits per heavy atom. The van der Waals surface area contributed by atoms with E-state index in [-0.39, 0.29) is 12.6 Å². The van der Waals surface area contributed by atoms with Crippen molar-refractivity contribution >= 4 is 11.7 Å². The summed E-state index contributed by atoms with van der Waals surface area (Å²) in [7, 11) is 0. The van der Waals surface area contributed by atoms with Gasteiger partial charge in [0.2, 0.25) is 0 Å². The molecule has 1 aromatic carbocycles. The monoisotopic (exact) mass is 287 g/mol. The summed E-state index contributed by atoms with van der Waals surface area (Å²) in [5.74, 6) is 0.651. The van der Waals surface area contributed by atoms with Crippen LogP contribution in [0.15, 0.2) is 24.3 Å². The van der Waals surface area contributed by atoms with Crippen molar-refractivity contribution in [3.63, 3.8) is 0 Å². The SMILES string of the molecule is CC1CCC(O)(CNC(=O)Nc2ccc(C#N)cc2)CC1. The largest absolute Gasteiger partial charge is 0.388 e. The molecular formula is C16H21N3O2. The van der Waals surface area contributed by atoms with Crippen molar-refractivity contribution in [1.29, 1.82) is 5.26 Å². The van der Waals surface area contributed by atoms with Crippen molar-refractivity contribution in [2.75, 3.05) is 11.9 Å². The van der Waals surface area contributed by atoms with Crippen LogP contribution < -0.4 is 10.6 Å². The van der Waals surface area contributed by atoms with Crippen LogP contribution in [0.2, 0.25) is 0 Å². The van der Waals surface area contributed by atoms with Gasteiger partial charge in [-0.3, -0.25) is 0 Å². The Labute approximate surface area is 125 Å². The molecule has 1 aliphatic carbocycles. The number of nitrogens with zero attached hydrogens (tertiary/aromatic N) is 1. The van der Waals surface area contributed by atoms with Crippen LogP contribution in [0.1, 0.15) is 38.2 Å². The van der Waals surface area contributed by atoms with Crippen LogP contribution in [-0.4, -0.2) is 23.3 Å². The van der Waals surface area contributed by atoms with Crippen molar-refractivity contribution < 1.29 is 9.90 Å². The van der Waals surface area contributed by atoms with Gasteiger partial charge in [-0.25, -0.2) is 4.79 Å². The highest BCUT2D eigenvalue weighted by atomic mass is 16.3. The van der Waals surface area contributed by atoms with Crippen molar-refractivity contribution in [1.82, 2.24) is 5.32 Å². The summed E-state index contributed by atoms with van der Waals surface area (Å²) < 4.78 is 0. The molecule has 1 aliphatic rings. The number of urea groups is 1. The second kappa shape index (κ2) is 6.59. The summed E-state index contributed by atoms with van der Waals surface area (Å²) in [6, 6.07) is 8.32. The number of amides is 2. The predicted octanol–water partition coefficient (Wildman–Crippen LogP) is 2.62. The van der Waals surface area contributed by atoms with E-state index in [4.69, 9.17) is 5.26 Å². The molecule has 0 aliphatic heterocycles. The highest BCUT2D eigenvalue weighted by Gasteiger charge is 2.31. The average molecular weight is 287 g/mol. The first-order chi connectivity index (χ1) is 10.0. The summed E-state index contributed by atoms with van der Waals surface area (Å²) in [5, 5.41) is 24.5. The third-order valence-electron chi connectivity index (χ3n) is 4.05. The average Bonchev–Trinajstić information content (AvgIpc) is 2.50. The van der Waals surface area contributed by atoms with Gasteiger partial charge in [0.05, 0.1) is 17.2 Å². The van der Waals surface area contributed by atoms with E-state index in [9.17, 15) is 9.90 Å². The molecule has 21 heavy (non-hydrogen) atoms. The van der Waals surface area contributed by atoms with Gasteiger partial charge in [0.25, 0.3) is 0 Å². The molecular weight excluding hydrogens is 266 g/mol. The van der Waals surface area contributed by atoms with Crippen LogP contribution in [0, 0.1) is 17.2 Å². The fourth-order valence-corrected chi connectivity index (χ4v) is 2.52. The molecule has 112 valence electrons. The number of carbonyl (C=O) groups excluding carboxylic acids is 1. The third-order valence-corrected chi connectivity index (χ3v) is 4.05. The van der Waals surface area contributed by atoms with Crippen molar-refractivity contribution in [2.45, 2.75) is 38.2 Å². The molecule has 0 bridgehead atoms. The van der Waals surface area contributed by atoms with Crippen molar-refractivity contribution in [3.05, 3.63) is 29.8 Å². The fraction of sp³-hybridized carbons (Fsp3) is 0.500. The number of hydrogen-bond acceptors (Lipinski definition) is 3. The number of nitrogens with one attached hydrogen (secondary N) is 2. The van der Waals surface area contributed by atoms with E-state index in [2.05, 4.69) is 17.6 Å². The molecule has 2 amide bonds. The van der Waals surface area contributed by atoms with E-state index >= 15 is 0 Å². The summed E-state index contributed by atoms with van der Waals surface area (Å²) in [4.78, 5) is 11.8. The molecule has 0 radical (unpaired) electrons. The highest BCUT2D eigenvalue weighted by Crippen LogP contribution is 2.31. The smallest absolute Gasteiger partial charge is 0.319 e. The number of nitriles is 1. The van der Waals surface area contributed by atoms with E-state index in [0.717, 1.165) is 25.7 Å². The van der Waals surface area contributed by atoms with Gasteiger partial charge in [-0.2, -0.15) is 5.26 Å². The fourth-order valence-electron chi connectivity index (χ4n) is 2.52. The lowest BCUT2D eigenvalue weighted by atomic mass is 9.79. The molecule has 2 rings (SSSR count). The van der Waals surface area contributed by atoms with E-state index in [1.165, 1.54) is 0 Å². The zero-order valence-electron chi connectivity index (χ0n) is 12.2. The van der Waals surface area contributed by atoms with Gasteiger partial charge in [0.15, 0.2) is 0 Å². The number of carbonyl (C=O) groups is 1. The second-order valence-corrected chi connectivity index (χ2v) is 5.90. The Bertz CT molecular complexity index is 525. The Morgan fingerprint density at radius 3 is 2.57 bits per heavy atom. The number of benzene rings is 1. The maximum Gasteiger partial charge on any atom is 0.319 e. The summed E-state index contributed by atoms with van der Waals surface area (Å²) in [5.41, 5.74) is 0.386. The maximum atomic E-state index is 11.8. The van der Waals surface area contributed by atoms with E-state index in [0.29, 0.717) is 17.2 Å². The molecule has 3 N–H and O–H groups in total. The number of anilines is 1. The molecule has 0 saturated heterocycles. The molecule has 5 heteroatoms. The van der Waals surface area contributed by atoms with E-state index < -0.39 is 5.60 Å². The summed E-state index contributed by atoms with van der Waals surface area (Å²) in [6.07, 6.45) is 3.45. The zero-order valence-corrected chi connectivity index (χ0v) is 12.2.